The van der Waals surface area contributed by atoms with E-state index in [9.17, 15) is 0 Å². The van der Waals surface area contributed by atoms with Gasteiger partial charge in [-0.15, -0.1) is 0 Å². The Morgan fingerprint density at radius 1 is 1.06 bits per heavy atom. The van der Waals surface area contributed by atoms with Crippen molar-refractivity contribution in [3.05, 3.63) is 28.2 Å². The van der Waals surface area contributed by atoms with Crippen LogP contribution in [0.4, 0.5) is 5.69 Å². The SMILES string of the molecule is Clc1cc(Cl)cc(NC2CCN3CCC2C3)c1. The highest BCUT2D eigenvalue weighted by molar-refractivity contribution is 6.35. The predicted octanol–water partition coefficient (Wildman–Crippen LogP) is 3.50. The Hall–Kier alpha value is -0.440. The van der Waals surface area contributed by atoms with Gasteiger partial charge in [-0.05, 0) is 43.5 Å². The van der Waals surface area contributed by atoms with E-state index >= 15 is 0 Å². The molecule has 4 heteroatoms. The predicted molar refractivity (Wildman–Crippen MR) is 73.0 cm³/mol. The van der Waals surface area contributed by atoms with Gasteiger partial charge in [0.25, 0.3) is 0 Å². The summed E-state index contributed by atoms with van der Waals surface area (Å²) in [6.45, 7) is 3.72. The number of anilines is 1. The molecule has 1 N–H and O–H groups in total. The van der Waals surface area contributed by atoms with Crippen LogP contribution in [0, 0.1) is 5.92 Å². The molecule has 3 rings (SSSR count). The summed E-state index contributed by atoms with van der Waals surface area (Å²) in [5.41, 5.74) is 1.05. The van der Waals surface area contributed by atoms with Crippen LogP contribution in [0.25, 0.3) is 0 Å². The van der Waals surface area contributed by atoms with Gasteiger partial charge in [0.2, 0.25) is 0 Å². The molecule has 0 aliphatic carbocycles. The first-order valence-electron chi connectivity index (χ1n) is 6.16. The normalized spacial score (nSPS) is 31.5. The van der Waals surface area contributed by atoms with Gasteiger partial charge in [0.1, 0.15) is 0 Å². The maximum Gasteiger partial charge on any atom is 0.0441 e. The molecule has 2 saturated heterocycles. The van der Waals surface area contributed by atoms with Crippen LogP contribution >= 0.6 is 23.2 Å². The minimum atomic E-state index is 0.572. The van der Waals surface area contributed by atoms with Gasteiger partial charge in [-0.25, -0.2) is 0 Å². The molecule has 1 aromatic rings. The Balaban J connectivity index is 1.73. The Morgan fingerprint density at radius 2 is 1.76 bits per heavy atom. The zero-order chi connectivity index (χ0) is 11.8. The molecule has 3 atom stereocenters. The number of halogens is 2. The minimum Gasteiger partial charge on any atom is -0.382 e. The van der Waals surface area contributed by atoms with Gasteiger partial charge in [0.15, 0.2) is 0 Å². The molecule has 2 aliphatic heterocycles. The minimum absolute atomic E-state index is 0.572. The monoisotopic (exact) mass is 270 g/mol. The molecule has 0 amide bonds. The fraction of sp³-hybridized carbons (Fsp3) is 0.538. The lowest BCUT2D eigenvalue weighted by Crippen LogP contribution is -2.39. The van der Waals surface area contributed by atoms with Crippen LogP contribution in [0.15, 0.2) is 18.2 Å². The van der Waals surface area contributed by atoms with E-state index in [0.29, 0.717) is 16.1 Å². The zero-order valence-corrected chi connectivity index (χ0v) is 11.1. The average molecular weight is 271 g/mol. The van der Waals surface area contributed by atoms with E-state index in [1.165, 1.54) is 32.5 Å². The van der Waals surface area contributed by atoms with Crippen LogP contribution in [0.3, 0.4) is 0 Å². The Bertz CT molecular complexity index is 402. The van der Waals surface area contributed by atoms with Crippen molar-refractivity contribution >= 4 is 28.9 Å². The Labute approximate surface area is 112 Å². The fourth-order valence-corrected chi connectivity index (χ4v) is 3.52. The van der Waals surface area contributed by atoms with E-state index in [4.69, 9.17) is 23.2 Å². The third-order valence-corrected chi connectivity index (χ3v) is 4.29. The van der Waals surface area contributed by atoms with Gasteiger partial charge >= 0.3 is 0 Å². The number of benzene rings is 1. The van der Waals surface area contributed by atoms with Crippen LogP contribution in [-0.2, 0) is 0 Å². The summed E-state index contributed by atoms with van der Waals surface area (Å²) in [5.74, 6) is 0.779. The lowest BCUT2D eigenvalue weighted by molar-refractivity contribution is 0.255. The second-order valence-corrected chi connectivity index (χ2v) is 5.92. The molecule has 2 heterocycles. The highest BCUT2D eigenvalue weighted by atomic mass is 35.5. The van der Waals surface area contributed by atoms with Crippen molar-refractivity contribution in [2.75, 3.05) is 25.0 Å². The van der Waals surface area contributed by atoms with E-state index in [1.54, 1.807) is 6.07 Å². The summed E-state index contributed by atoms with van der Waals surface area (Å²) < 4.78 is 0. The van der Waals surface area contributed by atoms with Crippen molar-refractivity contribution in [3.63, 3.8) is 0 Å². The highest BCUT2D eigenvalue weighted by Gasteiger charge is 2.34. The highest BCUT2D eigenvalue weighted by Crippen LogP contribution is 2.31. The molecule has 2 aliphatic rings. The lowest BCUT2D eigenvalue weighted by atomic mass is 9.94. The number of nitrogens with one attached hydrogen (secondary N) is 1. The van der Waals surface area contributed by atoms with E-state index in [-0.39, 0.29) is 0 Å². The molecule has 0 aromatic heterocycles. The molecule has 0 spiro atoms. The number of hydrogen-bond acceptors (Lipinski definition) is 2. The van der Waals surface area contributed by atoms with E-state index < -0.39 is 0 Å². The molecular formula is C13H16Cl2N2. The fourth-order valence-electron chi connectivity index (χ4n) is 2.99. The standard InChI is InChI=1S/C13H16Cl2N2/c14-10-5-11(15)7-12(6-10)16-13-2-4-17-3-1-9(13)8-17/h5-7,9,13,16H,1-4,8H2. The van der Waals surface area contributed by atoms with Gasteiger partial charge in [0, 0.05) is 34.9 Å². The number of fused-ring (bicyclic) bond motifs is 2. The second-order valence-electron chi connectivity index (χ2n) is 5.05. The first-order valence-corrected chi connectivity index (χ1v) is 6.91. The van der Waals surface area contributed by atoms with Gasteiger partial charge in [-0.1, -0.05) is 23.2 Å². The number of rotatable bonds is 2. The molecule has 0 radical (unpaired) electrons. The average Bonchev–Trinajstić information content (AvgIpc) is 2.64. The number of piperidine rings is 1. The largest absolute Gasteiger partial charge is 0.382 e. The quantitative estimate of drug-likeness (QED) is 0.885. The summed E-state index contributed by atoms with van der Waals surface area (Å²) in [5, 5.41) is 4.99. The Kier molecular flexibility index (Phi) is 3.20. The van der Waals surface area contributed by atoms with E-state index in [2.05, 4.69) is 10.2 Å². The second kappa shape index (κ2) is 4.68. The first-order chi connectivity index (χ1) is 8.20. The summed E-state index contributed by atoms with van der Waals surface area (Å²) in [6.07, 6.45) is 2.53. The zero-order valence-electron chi connectivity index (χ0n) is 9.63. The lowest BCUT2D eigenvalue weighted by Gasteiger charge is -2.31. The van der Waals surface area contributed by atoms with Gasteiger partial charge in [-0.2, -0.15) is 0 Å². The topological polar surface area (TPSA) is 15.3 Å². The molecule has 17 heavy (non-hydrogen) atoms. The molecule has 92 valence electrons. The first kappa shape index (κ1) is 11.6. The van der Waals surface area contributed by atoms with Gasteiger partial charge in [-0.3, -0.25) is 0 Å². The van der Waals surface area contributed by atoms with Crippen LogP contribution in [-0.4, -0.2) is 30.6 Å². The van der Waals surface area contributed by atoms with Crippen LogP contribution in [0.5, 0.6) is 0 Å². The van der Waals surface area contributed by atoms with Gasteiger partial charge < -0.3 is 10.2 Å². The van der Waals surface area contributed by atoms with Crippen LogP contribution in [0.2, 0.25) is 10.0 Å². The smallest absolute Gasteiger partial charge is 0.0441 e. The molecule has 1 aromatic carbocycles. The van der Waals surface area contributed by atoms with Crippen molar-refractivity contribution in [3.8, 4) is 0 Å². The molecule has 2 nitrogen and oxygen atoms in total. The van der Waals surface area contributed by atoms with Crippen molar-refractivity contribution in [1.82, 2.24) is 4.90 Å². The molecule has 0 saturated carbocycles. The maximum atomic E-state index is 6.01. The summed E-state index contributed by atoms with van der Waals surface area (Å²) in [6, 6.07) is 6.25. The summed E-state index contributed by atoms with van der Waals surface area (Å²) in [7, 11) is 0. The number of hydrogen-bond donors (Lipinski definition) is 1. The van der Waals surface area contributed by atoms with E-state index in [0.717, 1.165) is 11.6 Å². The van der Waals surface area contributed by atoms with Crippen molar-refractivity contribution in [1.29, 1.82) is 0 Å². The Morgan fingerprint density at radius 3 is 2.53 bits per heavy atom. The van der Waals surface area contributed by atoms with Gasteiger partial charge in [0.05, 0.1) is 0 Å². The third kappa shape index (κ3) is 2.54. The van der Waals surface area contributed by atoms with E-state index in [1.807, 2.05) is 12.1 Å². The summed E-state index contributed by atoms with van der Waals surface area (Å²) in [4.78, 5) is 2.55. The van der Waals surface area contributed by atoms with Crippen molar-refractivity contribution in [2.24, 2.45) is 5.92 Å². The molecule has 2 fully saturated rings. The maximum absolute atomic E-state index is 6.01. The third-order valence-electron chi connectivity index (χ3n) is 3.85. The van der Waals surface area contributed by atoms with Crippen molar-refractivity contribution < 1.29 is 0 Å². The van der Waals surface area contributed by atoms with Crippen molar-refractivity contribution in [2.45, 2.75) is 18.9 Å². The van der Waals surface area contributed by atoms with Crippen LogP contribution < -0.4 is 5.32 Å². The van der Waals surface area contributed by atoms with Crippen LogP contribution in [0.1, 0.15) is 12.8 Å². The molecule has 3 unspecified atom stereocenters. The summed E-state index contributed by atoms with van der Waals surface area (Å²) >= 11 is 12.0. The molecular weight excluding hydrogens is 255 g/mol. The number of nitrogens with zero attached hydrogens (tertiary/aromatic N) is 1. The molecule has 2 bridgehead atoms.